The summed E-state index contributed by atoms with van der Waals surface area (Å²) in [5.41, 5.74) is 0.701. The van der Waals surface area contributed by atoms with Crippen LogP contribution in [0.4, 0.5) is 24.7 Å². The Hall–Kier alpha value is -3.28. The number of hydrogen-bond acceptors (Lipinski definition) is 7. The number of alkyl halides is 3. The van der Waals surface area contributed by atoms with E-state index in [4.69, 9.17) is 9.72 Å². The van der Waals surface area contributed by atoms with Crippen LogP contribution < -0.4 is 9.80 Å². The molecular weight excluding hydrogens is 475 g/mol. The predicted octanol–water partition coefficient (Wildman–Crippen LogP) is 3.61. The third-order valence-corrected chi connectivity index (χ3v) is 7.83. The van der Waals surface area contributed by atoms with E-state index in [0.717, 1.165) is 35.9 Å². The number of amides is 1. The Morgan fingerprint density at radius 2 is 1.89 bits per heavy atom. The van der Waals surface area contributed by atoms with E-state index in [0.29, 0.717) is 44.8 Å². The van der Waals surface area contributed by atoms with Crippen molar-refractivity contribution in [2.75, 3.05) is 36.1 Å². The van der Waals surface area contributed by atoms with Crippen molar-refractivity contribution in [2.45, 2.75) is 50.9 Å². The number of anilines is 2. The van der Waals surface area contributed by atoms with Crippen LogP contribution in [0.2, 0.25) is 0 Å². The van der Waals surface area contributed by atoms with Gasteiger partial charge in [-0.3, -0.25) is 4.79 Å². The molecule has 1 amide bonds. The second kappa shape index (κ2) is 8.39. The number of aromatic nitrogens is 5. The lowest BCUT2D eigenvalue weighted by Crippen LogP contribution is -2.47. The lowest BCUT2D eigenvalue weighted by Gasteiger charge is -2.44. The van der Waals surface area contributed by atoms with Crippen molar-refractivity contribution in [2.24, 2.45) is 5.41 Å². The number of pyridine rings is 1. The largest absolute Gasteiger partial charge is 0.433 e. The van der Waals surface area contributed by atoms with Gasteiger partial charge in [0.2, 0.25) is 5.91 Å². The first-order chi connectivity index (χ1) is 17.3. The van der Waals surface area contributed by atoms with Gasteiger partial charge in [-0.1, -0.05) is 6.92 Å². The number of rotatable bonds is 4. The number of hydrogen-bond donors (Lipinski definition) is 0. The smallest absolute Gasteiger partial charge is 0.377 e. The Labute approximate surface area is 205 Å². The summed E-state index contributed by atoms with van der Waals surface area (Å²) < 4.78 is 46.1. The number of fused-ring (bicyclic) bond motifs is 1. The van der Waals surface area contributed by atoms with Crippen LogP contribution in [0.1, 0.15) is 44.3 Å². The van der Waals surface area contributed by atoms with Crippen LogP contribution in [0.25, 0.3) is 11.2 Å². The lowest BCUT2D eigenvalue weighted by atomic mass is 9.71. The Kier molecular flexibility index (Phi) is 5.39. The molecule has 0 bridgehead atoms. The topological polar surface area (TPSA) is 89.3 Å². The maximum atomic E-state index is 13.1. The number of piperidine rings is 1. The molecule has 1 spiro atoms. The number of ether oxygens (including phenoxy) is 1. The highest BCUT2D eigenvalue weighted by atomic mass is 19.4. The fourth-order valence-electron chi connectivity index (χ4n) is 5.87. The normalized spacial score (nSPS) is 22.6. The molecule has 6 rings (SSSR count). The van der Waals surface area contributed by atoms with Gasteiger partial charge in [-0.05, 0) is 31.4 Å². The highest BCUT2D eigenvalue weighted by molar-refractivity contribution is 5.97. The van der Waals surface area contributed by atoms with Crippen molar-refractivity contribution in [1.29, 1.82) is 0 Å². The zero-order chi connectivity index (χ0) is 25.1. The highest BCUT2D eigenvalue weighted by Gasteiger charge is 2.52. The fraction of sp³-hybridized carbons (Fsp3) is 0.542. The number of halogens is 3. The van der Waals surface area contributed by atoms with Gasteiger partial charge in [0.05, 0.1) is 37.5 Å². The molecule has 1 unspecified atom stereocenters. The van der Waals surface area contributed by atoms with Crippen LogP contribution in [0, 0.1) is 5.41 Å². The standard InChI is InChI=1S/C24H26F3N7O2/c1-2-19-23(9-21(35)33(19)15-3-4-18(29-10-15)24(25,26)27)5-7-32(8-6-23)20-12-28-17-11-30-34(22(17)31-20)16-13-36-14-16/h3-4,10-12,16,19H,2,5-9,13-14H2,1H3. The molecule has 0 N–H and O–H groups in total. The summed E-state index contributed by atoms with van der Waals surface area (Å²) in [4.78, 5) is 29.9. The highest BCUT2D eigenvalue weighted by Crippen LogP contribution is 2.49. The molecule has 3 aliphatic heterocycles. The number of carbonyl (C=O) groups excluding carboxylic acids is 1. The summed E-state index contributed by atoms with van der Waals surface area (Å²) >= 11 is 0. The Morgan fingerprint density at radius 3 is 2.50 bits per heavy atom. The van der Waals surface area contributed by atoms with E-state index in [9.17, 15) is 18.0 Å². The van der Waals surface area contributed by atoms with Crippen molar-refractivity contribution in [1.82, 2.24) is 24.7 Å². The molecule has 3 saturated heterocycles. The van der Waals surface area contributed by atoms with Crippen LogP contribution in [-0.2, 0) is 15.7 Å². The number of nitrogens with zero attached hydrogens (tertiary/aromatic N) is 7. The minimum absolute atomic E-state index is 0.0651. The molecule has 36 heavy (non-hydrogen) atoms. The second-order valence-corrected chi connectivity index (χ2v) is 9.83. The van der Waals surface area contributed by atoms with Crippen LogP contribution >= 0.6 is 0 Å². The first-order valence-electron chi connectivity index (χ1n) is 12.2. The fourth-order valence-corrected chi connectivity index (χ4v) is 5.87. The van der Waals surface area contributed by atoms with E-state index in [2.05, 4.69) is 20.0 Å². The molecule has 3 aromatic heterocycles. The third kappa shape index (κ3) is 3.69. The molecule has 1 atom stereocenters. The van der Waals surface area contributed by atoms with Crippen molar-refractivity contribution in [3.05, 3.63) is 36.4 Å². The first-order valence-corrected chi connectivity index (χ1v) is 12.2. The Morgan fingerprint density at radius 1 is 1.11 bits per heavy atom. The van der Waals surface area contributed by atoms with E-state index in [1.807, 2.05) is 11.6 Å². The minimum Gasteiger partial charge on any atom is -0.377 e. The molecule has 0 aromatic carbocycles. The summed E-state index contributed by atoms with van der Waals surface area (Å²) in [5.74, 6) is 0.713. The Bertz CT molecular complexity index is 1280. The summed E-state index contributed by atoms with van der Waals surface area (Å²) in [6, 6.07) is 2.38. The monoisotopic (exact) mass is 501 g/mol. The van der Waals surface area contributed by atoms with E-state index in [1.165, 1.54) is 12.3 Å². The first kappa shape index (κ1) is 23.1. The van der Waals surface area contributed by atoms with Gasteiger partial charge < -0.3 is 14.5 Å². The van der Waals surface area contributed by atoms with Crippen LogP contribution in [0.5, 0.6) is 0 Å². The number of carbonyl (C=O) groups is 1. The van der Waals surface area contributed by atoms with E-state index in [-0.39, 0.29) is 23.4 Å². The molecule has 9 nitrogen and oxygen atoms in total. The zero-order valence-corrected chi connectivity index (χ0v) is 19.8. The van der Waals surface area contributed by atoms with Crippen molar-refractivity contribution < 1.29 is 22.7 Å². The average molecular weight is 502 g/mol. The third-order valence-electron chi connectivity index (χ3n) is 7.83. The van der Waals surface area contributed by atoms with Gasteiger partial charge in [0.1, 0.15) is 23.1 Å². The van der Waals surface area contributed by atoms with Crippen molar-refractivity contribution >= 4 is 28.6 Å². The van der Waals surface area contributed by atoms with E-state index in [1.54, 1.807) is 17.3 Å². The van der Waals surface area contributed by atoms with Crippen LogP contribution in [0.15, 0.2) is 30.7 Å². The minimum atomic E-state index is -4.51. The quantitative estimate of drug-likeness (QED) is 0.540. The summed E-state index contributed by atoms with van der Waals surface area (Å²) in [5, 5.41) is 4.43. The second-order valence-electron chi connectivity index (χ2n) is 9.83. The van der Waals surface area contributed by atoms with E-state index >= 15 is 0 Å². The molecular formula is C24H26F3N7O2. The SMILES string of the molecule is CCC1N(c2ccc(C(F)(F)F)nc2)C(=O)CC12CCN(c1cnc3cnn(C4COC4)c3n1)CC2. The molecule has 0 aliphatic carbocycles. The maximum absolute atomic E-state index is 13.1. The van der Waals surface area contributed by atoms with Crippen LogP contribution in [0.3, 0.4) is 0 Å². The van der Waals surface area contributed by atoms with Crippen LogP contribution in [-0.4, -0.2) is 63.0 Å². The molecule has 0 radical (unpaired) electrons. The Balaban J connectivity index is 1.21. The van der Waals surface area contributed by atoms with Crippen molar-refractivity contribution in [3.8, 4) is 0 Å². The van der Waals surface area contributed by atoms with Gasteiger partial charge in [0, 0.05) is 31.0 Å². The lowest BCUT2D eigenvalue weighted by molar-refractivity contribution is -0.141. The molecule has 3 fully saturated rings. The molecule has 12 heteroatoms. The zero-order valence-electron chi connectivity index (χ0n) is 19.8. The molecule has 6 heterocycles. The van der Waals surface area contributed by atoms with Gasteiger partial charge >= 0.3 is 6.18 Å². The van der Waals surface area contributed by atoms with Gasteiger partial charge in [-0.2, -0.15) is 18.3 Å². The van der Waals surface area contributed by atoms with Gasteiger partial charge in [0.25, 0.3) is 0 Å². The van der Waals surface area contributed by atoms with Gasteiger partial charge in [-0.15, -0.1) is 0 Å². The van der Waals surface area contributed by atoms with E-state index < -0.39 is 11.9 Å². The molecule has 3 aromatic rings. The molecule has 0 saturated carbocycles. The van der Waals surface area contributed by atoms with Crippen molar-refractivity contribution in [3.63, 3.8) is 0 Å². The molecule has 190 valence electrons. The summed E-state index contributed by atoms with van der Waals surface area (Å²) in [7, 11) is 0. The predicted molar refractivity (Wildman–Crippen MR) is 124 cm³/mol. The summed E-state index contributed by atoms with van der Waals surface area (Å²) in [6.45, 7) is 4.68. The van der Waals surface area contributed by atoms with Gasteiger partial charge in [-0.25, -0.2) is 19.6 Å². The average Bonchev–Trinajstić information content (AvgIpc) is 3.35. The summed E-state index contributed by atoms with van der Waals surface area (Å²) in [6.07, 6.45) is 2.77. The molecule has 3 aliphatic rings. The van der Waals surface area contributed by atoms with Gasteiger partial charge in [0.15, 0.2) is 5.65 Å². The maximum Gasteiger partial charge on any atom is 0.433 e.